The Hall–Kier alpha value is -1.49. The molecule has 5 heteroatoms. The maximum Gasteiger partial charge on any atom is 0.222 e. The highest BCUT2D eigenvalue weighted by atomic mass is 16.1. The van der Waals surface area contributed by atoms with Crippen LogP contribution in [0.5, 0.6) is 0 Å². The summed E-state index contributed by atoms with van der Waals surface area (Å²) >= 11 is 0. The van der Waals surface area contributed by atoms with Gasteiger partial charge in [-0.2, -0.15) is 0 Å². The Kier molecular flexibility index (Phi) is 5.32. The van der Waals surface area contributed by atoms with Gasteiger partial charge in [-0.1, -0.05) is 0 Å². The number of rotatable bonds is 7. The highest BCUT2D eigenvalue weighted by Gasteiger charge is 2.07. The van der Waals surface area contributed by atoms with Gasteiger partial charge in [0, 0.05) is 12.4 Å². The monoisotopic (exact) mass is 207 g/mol. The van der Waals surface area contributed by atoms with E-state index in [0.717, 1.165) is 19.3 Å². The molecule has 0 aliphatic rings. The van der Waals surface area contributed by atoms with E-state index in [2.05, 4.69) is 15.3 Å². The molecule has 1 aromatic rings. The number of hydrogen-bond acceptors (Lipinski definition) is 5. The molecule has 0 amide bonds. The third-order valence-electron chi connectivity index (χ3n) is 1.97. The van der Waals surface area contributed by atoms with Crippen molar-refractivity contribution in [3.63, 3.8) is 0 Å². The molecule has 0 saturated carbocycles. The smallest absolute Gasteiger partial charge is 0.222 e. The van der Waals surface area contributed by atoms with Gasteiger partial charge in [0.1, 0.15) is 5.82 Å². The van der Waals surface area contributed by atoms with Crippen molar-refractivity contribution in [3.05, 3.63) is 18.6 Å². The van der Waals surface area contributed by atoms with Gasteiger partial charge in [-0.05, 0) is 25.8 Å². The van der Waals surface area contributed by atoms with Gasteiger partial charge < -0.3 is 11.1 Å². The number of nitrogens with two attached hydrogens (primary N) is 1. The molecule has 0 aliphatic heterocycles. The lowest BCUT2D eigenvalue weighted by Crippen LogP contribution is -2.21. The van der Waals surface area contributed by atoms with Crippen molar-refractivity contribution in [1.82, 2.24) is 9.97 Å². The summed E-state index contributed by atoms with van der Waals surface area (Å²) in [5.74, 6) is 0.596. The van der Waals surface area contributed by atoms with E-state index in [-0.39, 0.29) is 6.04 Å². The Labute approximate surface area is 89.1 Å². The van der Waals surface area contributed by atoms with Crippen LogP contribution in [-0.2, 0) is 4.79 Å². The van der Waals surface area contributed by atoms with E-state index in [1.54, 1.807) is 18.6 Å². The first-order valence-electron chi connectivity index (χ1n) is 4.97. The lowest BCUT2D eigenvalue weighted by Gasteiger charge is -2.11. The SMILES string of the molecule is NCCCC[C@H]([C]=O)Nc1cnccn1. The summed E-state index contributed by atoms with van der Waals surface area (Å²) in [6.45, 7) is 0.650. The largest absolute Gasteiger partial charge is 0.358 e. The number of aromatic nitrogens is 2. The first-order valence-corrected chi connectivity index (χ1v) is 4.97. The van der Waals surface area contributed by atoms with E-state index in [1.807, 2.05) is 6.29 Å². The van der Waals surface area contributed by atoms with Crippen LogP contribution in [-0.4, -0.2) is 28.8 Å². The van der Waals surface area contributed by atoms with Gasteiger partial charge in [-0.15, -0.1) is 0 Å². The van der Waals surface area contributed by atoms with Gasteiger partial charge in [0.25, 0.3) is 0 Å². The fourth-order valence-electron chi connectivity index (χ4n) is 1.21. The van der Waals surface area contributed by atoms with E-state index in [4.69, 9.17) is 5.73 Å². The Bertz CT molecular complexity index is 278. The van der Waals surface area contributed by atoms with E-state index in [9.17, 15) is 4.79 Å². The highest BCUT2D eigenvalue weighted by molar-refractivity contribution is 5.63. The van der Waals surface area contributed by atoms with E-state index >= 15 is 0 Å². The minimum absolute atomic E-state index is 0.326. The summed E-state index contributed by atoms with van der Waals surface area (Å²) in [4.78, 5) is 18.5. The van der Waals surface area contributed by atoms with Crippen LogP contribution in [0.25, 0.3) is 0 Å². The Balaban J connectivity index is 2.37. The third kappa shape index (κ3) is 4.51. The van der Waals surface area contributed by atoms with Gasteiger partial charge in [0.2, 0.25) is 6.29 Å². The lowest BCUT2D eigenvalue weighted by atomic mass is 10.1. The average Bonchev–Trinajstić information content (AvgIpc) is 2.29. The molecule has 0 aliphatic carbocycles. The molecule has 1 heterocycles. The zero-order valence-corrected chi connectivity index (χ0v) is 8.52. The molecule has 0 spiro atoms. The molecule has 1 aromatic heterocycles. The molecule has 1 radical (unpaired) electrons. The zero-order chi connectivity index (χ0) is 10.9. The number of hydrogen-bond donors (Lipinski definition) is 2. The van der Waals surface area contributed by atoms with Crippen LogP contribution in [0, 0.1) is 0 Å². The minimum Gasteiger partial charge on any atom is -0.358 e. The summed E-state index contributed by atoms with van der Waals surface area (Å²) in [6, 6.07) is -0.326. The summed E-state index contributed by atoms with van der Waals surface area (Å²) in [7, 11) is 0. The molecular formula is C10H15N4O. The van der Waals surface area contributed by atoms with E-state index in [1.165, 1.54) is 0 Å². The van der Waals surface area contributed by atoms with Crippen LogP contribution in [0.1, 0.15) is 19.3 Å². The summed E-state index contributed by atoms with van der Waals surface area (Å²) in [6.07, 6.45) is 9.22. The fraction of sp³-hybridized carbons (Fsp3) is 0.500. The first kappa shape index (κ1) is 11.6. The normalized spacial score (nSPS) is 12.1. The number of carbonyl (C=O) groups excluding carboxylic acids is 1. The van der Waals surface area contributed by atoms with Gasteiger partial charge in [-0.3, -0.25) is 9.78 Å². The second-order valence-corrected chi connectivity index (χ2v) is 3.19. The maximum atomic E-state index is 10.6. The summed E-state index contributed by atoms with van der Waals surface area (Å²) in [5.41, 5.74) is 5.37. The van der Waals surface area contributed by atoms with E-state index in [0.29, 0.717) is 12.4 Å². The van der Waals surface area contributed by atoms with Crippen molar-refractivity contribution >= 4 is 12.1 Å². The molecule has 5 nitrogen and oxygen atoms in total. The van der Waals surface area contributed by atoms with E-state index < -0.39 is 0 Å². The maximum absolute atomic E-state index is 10.6. The lowest BCUT2D eigenvalue weighted by molar-refractivity contribution is 0.535. The van der Waals surface area contributed by atoms with Crippen LogP contribution < -0.4 is 11.1 Å². The Morgan fingerprint density at radius 1 is 1.47 bits per heavy atom. The summed E-state index contributed by atoms with van der Waals surface area (Å²) < 4.78 is 0. The highest BCUT2D eigenvalue weighted by Crippen LogP contribution is 2.05. The zero-order valence-electron chi connectivity index (χ0n) is 8.52. The quantitative estimate of drug-likeness (QED) is 0.636. The topological polar surface area (TPSA) is 80.9 Å². The molecule has 0 saturated heterocycles. The average molecular weight is 207 g/mol. The van der Waals surface area contributed by atoms with Gasteiger partial charge >= 0.3 is 0 Å². The third-order valence-corrected chi connectivity index (χ3v) is 1.97. The van der Waals surface area contributed by atoms with Crippen molar-refractivity contribution in [2.24, 2.45) is 5.73 Å². The van der Waals surface area contributed by atoms with Crippen LogP contribution in [0.3, 0.4) is 0 Å². The molecule has 0 aromatic carbocycles. The van der Waals surface area contributed by atoms with Crippen molar-refractivity contribution < 1.29 is 4.79 Å². The van der Waals surface area contributed by atoms with Gasteiger partial charge in [-0.25, -0.2) is 4.98 Å². The Morgan fingerprint density at radius 2 is 2.33 bits per heavy atom. The Morgan fingerprint density at radius 3 is 2.93 bits per heavy atom. The standard InChI is InChI=1S/C10H15N4O/c11-4-2-1-3-9(8-15)14-10-7-12-5-6-13-10/h5-7,9H,1-4,11H2,(H,13,14)/t9-/m1/s1. The van der Waals surface area contributed by atoms with Crippen molar-refractivity contribution in [2.75, 3.05) is 11.9 Å². The number of unbranched alkanes of at least 4 members (excludes halogenated alkanes) is 1. The molecule has 1 rings (SSSR count). The number of anilines is 1. The second-order valence-electron chi connectivity index (χ2n) is 3.19. The van der Waals surface area contributed by atoms with Crippen LogP contribution in [0.2, 0.25) is 0 Å². The molecule has 1 atom stereocenters. The number of nitrogens with one attached hydrogen (secondary N) is 1. The molecule has 0 fully saturated rings. The summed E-state index contributed by atoms with van der Waals surface area (Å²) in [5, 5.41) is 2.95. The van der Waals surface area contributed by atoms with Crippen LogP contribution in [0.15, 0.2) is 18.6 Å². The van der Waals surface area contributed by atoms with Crippen molar-refractivity contribution in [2.45, 2.75) is 25.3 Å². The molecule has 81 valence electrons. The molecule has 0 unspecified atom stereocenters. The van der Waals surface area contributed by atoms with Crippen molar-refractivity contribution in [3.8, 4) is 0 Å². The second kappa shape index (κ2) is 6.89. The van der Waals surface area contributed by atoms with Crippen LogP contribution in [0.4, 0.5) is 5.82 Å². The number of nitrogens with zero attached hydrogens (tertiary/aromatic N) is 2. The first-order chi connectivity index (χ1) is 7.36. The predicted octanol–water partition coefficient (Wildman–Crippen LogP) is 0.496. The van der Waals surface area contributed by atoms with Gasteiger partial charge in [0.05, 0.1) is 12.2 Å². The molecule has 0 bridgehead atoms. The molecule has 15 heavy (non-hydrogen) atoms. The molecular weight excluding hydrogens is 192 g/mol. The van der Waals surface area contributed by atoms with Crippen molar-refractivity contribution in [1.29, 1.82) is 0 Å². The predicted molar refractivity (Wildman–Crippen MR) is 58.0 cm³/mol. The van der Waals surface area contributed by atoms with Crippen LogP contribution >= 0.6 is 0 Å². The minimum atomic E-state index is -0.326. The fourth-order valence-corrected chi connectivity index (χ4v) is 1.21. The molecule has 3 N–H and O–H groups in total. The van der Waals surface area contributed by atoms with Gasteiger partial charge in [0.15, 0.2) is 0 Å².